The molecule has 0 saturated carbocycles. The lowest BCUT2D eigenvalue weighted by Crippen LogP contribution is -2.27. The highest BCUT2D eigenvalue weighted by Crippen LogP contribution is 2.27. The summed E-state index contributed by atoms with van der Waals surface area (Å²) in [4.78, 5) is 0.135. The van der Waals surface area contributed by atoms with E-state index >= 15 is 0 Å². The number of aromatic nitrogens is 1. The van der Waals surface area contributed by atoms with Crippen molar-refractivity contribution in [2.75, 3.05) is 5.73 Å². The highest BCUT2D eigenvalue weighted by molar-refractivity contribution is 9.10. The Bertz CT molecular complexity index is 751. The molecule has 0 aliphatic carbocycles. The number of hydrogen-bond donors (Lipinski definition) is 2. The highest BCUT2D eigenvalue weighted by Gasteiger charge is 2.24. The van der Waals surface area contributed by atoms with E-state index in [9.17, 15) is 8.42 Å². The van der Waals surface area contributed by atoms with Crippen molar-refractivity contribution in [2.45, 2.75) is 31.7 Å². The van der Waals surface area contributed by atoms with Gasteiger partial charge in [-0.05, 0) is 54.9 Å². The molecule has 0 aliphatic rings. The minimum absolute atomic E-state index is 0.135. The van der Waals surface area contributed by atoms with Gasteiger partial charge in [0.1, 0.15) is 5.76 Å². The summed E-state index contributed by atoms with van der Waals surface area (Å²) in [5.41, 5.74) is 7.52. The van der Waals surface area contributed by atoms with Gasteiger partial charge in [-0.1, -0.05) is 5.16 Å². The maximum absolute atomic E-state index is 12.5. The zero-order valence-electron chi connectivity index (χ0n) is 11.8. The van der Waals surface area contributed by atoms with E-state index in [1.54, 1.807) is 32.9 Å². The second-order valence-corrected chi connectivity index (χ2v) is 7.31. The monoisotopic (exact) mass is 373 g/mol. The minimum Gasteiger partial charge on any atom is -0.399 e. The summed E-state index contributed by atoms with van der Waals surface area (Å²) in [7, 11) is -3.69. The molecule has 3 N–H and O–H groups in total. The molecule has 0 radical (unpaired) electrons. The SMILES string of the molecule is Cc1noc(C)c1C(C)NS(=O)(=O)c1ccc(N)cc1Br. The van der Waals surface area contributed by atoms with Gasteiger partial charge in [0.2, 0.25) is 10.0 Å². The lowest BCUT2D eigenvalue weighted by atomic mass is 10.1. The van der Waals surface area contributed by atoms with Crippen molar-refractivity contribution in [3.63, 3.8) is 0 Å². The lowest BCUT2D eigenvalue weighted by molar-refractivity contribution is 0.391. The van der Waals surface area contributed by atoms with Crippen molar-refractivity contribution >= 4 is 31.6 Å². The summed E-state index contributed by atoms with van der Waals surface area (Å²) in [6.45, 7) is 5.27. The van der Waals surface area contributed by atoms with Crippen molar-refractivity contribution in [1.29, 1.82) is 0 Å². The quantitative estimate of drug-likeness (QED) is 0.802. The number of nitrogen functional groups attached to an aromatic ring is 1. The number of anilines is 1. The first-order chi connectivity index (χ1) is 9.72. The number of rotatable bonds is 4. The molecule has 1 atom stereocenters. The summed E-state index contributed by atoms with van der Waals surface area (Å²) in [6, 6.07) is 4.10. The van der Waals surface area contributed by atoms with Gasteiger partial charge in [-0.25, -0.2) is 13.1 Å². The maximum atomic E-state index is 12.5. The molecule has 1 heterocycles. The molecular weight excluding hydrogens is 358 g/mol. The Morgan fingerprint density at radius 2 is 2.05 bits per heavy atom. The Morgan fingerprint density at radius 3 is 2.57 bits per heavy atom. The predicted molar refractivity (Wildman–Crippen MR) is 83.3 cm³/mol. The molecule has 8 heteroatoms. The lowest BCUT2D eigenvalue weighted by Gasteiger charge is -2.15. The number of hydrogen-bond acceptors (Lipinski definition) is 5. The second kappa shape index (κ2) is 5.78. The van der Waals surface area contributed by atoms with Crippen LogP contribution in [0.3, 0.4) is 0 Å². The number of aryl methyl sites for hydroxylation is 2. The van der Waals surface area contributed by atoms with Crippen molar-refractivity contribution < 1.29 is 12.9 Å². The van der Waals surface area contributed by atoms with Gasteiger partial charge in [-0.15, -0.1) is 0 Å². The third-order valence-corrected chi connectivity index (χ3v) is 5.62. The molecule has 114 valence electrons. The van der Waals surface area contributed by atoms with Crippen LogP contribution in [0.2, 0.25) is 0 Å². The molecule has 2 rings (SSSR count). The first-order valence-electron chi connectivity index (χ1n) is 6.22. The zero-order chi connectivity index (χ0) is 15.8. The first-order valence-corrected chi connectivity index (χ1v) is 8.50. The largest absolute Gasteiger partial charge is 0.399 e. The van der Waals surface area contributed by atoms with Gasteiger partial charge in [0.25, 0.3) is 0 Å². The Kier molecular flexibility index (Phi) is 4.40. The fourth-order valence-electron chi connectivity index (χ4n) is 2.20. The Hall–Kier alpha value is -1.38. The van der Waals surface area contributed by atoms with Crippen LogP contribution in [0.15, 0.2) is 32.1 Å². The van der Waals surface area contributed by atoms with Crippen LogP contribution >= 0.6 is 15.9 Å². The van der Waals surface area contributed by atoms with Crippen LogP contribution in [-0.2, 0) is 10.0 Å². The van der Waals surface area contributed by atoms with E-state index in [-0.39, 0.29) is 4.90 Å². The smallest absolute Gasteiger partial charge is 0.242 e. The second-order valence-electron chi connectivity index (χ2n) is 4.77. The van der Waals surface area contributed by atoms with Gasteiger partial charge in [0, 0.05) is 21.8 Å². The van der Waals surface area contributed by atoms with Gasteiger partial charge < -0.3 is 10.3 Å². The number of nitrogens with one attached hydrogen (secondary N) is 1. The van der Waals surface area contributed by atoms with Crippen LogP contribution in [0.5, 0.6) is 0 Å². The van der Waals surface area contributed by atoms with Crippen LogP contribution in [-0.4, -0.2) is 13.6 Å². The van der Waals surface area contributed by atoms with Gasteiger partial charge >= 0.3 is 0 Å². The summed E-state index contributed by atoms with van der Waals surface area (Å²) < 4.78 is 33.0. The predicted octanol–water partition coefficient (Wildman–Crippen LogP) is 2.68. The summed E-state index contributed by atoms with van der Waals surface area (Å²) >= 11 is 3.22. The Morgan fingerprint density at radius 1 is 1.38 bits per heavy atom. The number of halogens is 1. The molecule has 1 aromatic heterocycles. The normalized spacial score (nSPS) is 13.3. The third-order valence-electron chi connectivity index (χ3n) is 3.10. The van der Waals surface area contributed by atoms with Gasteiger partial charge in [-0.2, -0.15) is 0 Å². The number of nitrogens with two attached hydrogens (primary N) is 1. The molecule has 0 fully saturated rings. The van der Waals surface area contributed by atoms with E-state index in [0.29, 0.717) is 21.6 Å². The first kappa shape index (κ1) is 16.0. The molecule has 6 nitrogen and oxygen atoms in total. The van der Waals surface area contributed by atoms with Gasteiger partial charge in [-0.3, -0.25) is 0 Å². The fourth-order valence-corrected chi connectivity index (χ4v) is 4.51. The van der Waals surface area contributed by atoms with Crippen molar-refractivity contribution in [3.05, 3.63) is 39.7 Å². The molecule has 21 heavy (non-hydrogen) atoms. The fraction of sp³-hybridized carbons (Fsp3) is 0.308. The van der Waals surface area contributed by atoms with E-state index in [0.717, 1.165) is 5.56 Å². The Labute approximate surface area is 131 Å². The highest BCUT2D eigenvalue weighted by atomic mass is 79.9. The molecule has 0 bridgehead atoms. The average molecular weight is 374 g/mol. The molecule has 2 aromatic rings. The van der Waals surface area contributed by atoms with E-state index in [1.807, 2.05) is 0 Å². The maximum Gasteiger partial charge on any atom is 0.242 e. The third kappa shape index (κ3) is 3.28. The topological polar surface area (TPSA) is 98.2 Å². The van der Waals surface area contributed by atoms with Crippen molar-refractivity contribution in [2.24, 2.45) is 0 Å². The average Bonchev–Trinajstić information content (AvgIpc) is 2.67. The molecule has 0 aliphatic heterocycles. The van der Waals surface area contributed by atoms with Gasteiger partial charge in [0.05, 0.1) is 10.6 Å². The van der Waals surface area contributed by atoms with Crippen molar-refractivity contribution in [1.82, 2.24) is 9.88 Å². The van der Waals surface area contributed by atoms with E-state index < -0.39 is 16.1 Å². The molecule has 1 aromatic carbocycles. The molecule has 0 spiro atoms. The Balaban J connectivity index is 2.33. The summed E-state index contributed by atoms with van der Waals surface area (Å²) in [5, 5.41) is 3.83. The minimum atomic E-state index is -3.69. The van der Waals surface area contributed by atoms with Crippen LogP contribution in [0.4, 0.5) is 5.69 Å². The molecule has 0 saturated heterocycles. The van der Waals surface area contributed by atoms with Gasteiger partial charge in [0.15, 0.2) is 0 Å². The zero-order valence-corrected chi connectivity index (χ0v) is 14.2. The van der Waals surface area contributed by atoms with E-state index in [4.69, 9.17) is 10.3 Å². The van der Waals surface area contributed by atoms with Crippen LogP contribution in [0, 0.1) is 13.8 Å². The van der Waals surface area contributed by atoms with E-state index in [1.165, 1.54) is 6.07 Å². The van der Waals surface area contributed by atoms with Crippen molar-refractivity contribution in [3.8, 4) is 0 Å². The standard InChI is InChI=1S/C13H16BrN3O3S/c1-7-13(9(3)20-16-7)8(2)17-21(18,19)12-5-4-10(15)6-11(12)14/h4-6,8,17H,15H2,1-3H3. The van der Waals surface area contributed by atoms with Crippen LogP contribution < -0.4 is 10.5 Å². The summed E-state index contributed by atoms with van der Waals surface area (Å²) in [5.74, 6) is 0.596. The summed E-state index contributed by atoms with van der Waals surface area (Å²) in [6.07, 6.45) is 0. The molecular formula is C13H16BrN3O3S. The number of nitrogens with zero attached hydrogens (tertiary/aromatic N) is 1. The molecule has 0 amide bonds. The number of benzene rings is 1. The molecule has 1 unspecified atom stereocenters. The van der Waals surface area contributed by atoms with E-state index in [2.05, 4.69) is 25.8 Å². The van der Waals surface area contributed by atoms with Crippen LogP contribution in [0.1, 0.15) is 30.0 Å². The van der Waals surface area contributed by atoms with Crippen LogP contribution in [0.25, 0.3) is 0 Å². The number of sulfonamides is 1.